The number of nitrogens with two attached hydrogens (primary N) is 1. The molecule has 4 nitrogen and oxygen atoms in total. The van der Waals surface area contributed by atoms with E-state index in [0.717, 1.165) is 5.13 Å². The second kappa shape index (κ2) is 4.15. The molecule has 1 aliphatic rings. The first-order valence-corrected chi connectivity index (χ1v) is 6.21. The summed E-state index contributed by atoms with van der Waals surface area (Å²) in [5, 5.41) is 4.21. The summed E-state index contributed by atoms with van der Waals surface area (Å²) in [6, 6.07) is 0.564. The predicted octanol–water partition coefficient (Wildman–Crippen LogP) is 1.43. The Bertz CT molecular complexity index is 269. The molecular formula is C7H12N4S2. The summed E-state index contributed by atoms with van der Waals surface area (Å²) in [6.07, 6.45) is 2.42. The van der Waals surface area contributed by atoms with E-state index in [-0.39, 0.29) is 0 Å². The van der Waals surface area contributed by atoms with E-state index in [4.69, 9.17) is 5.73 Å². The van der Waals surface area contributed by atoms with Crippen LogP contribution in [0.5, 0.6) is 0 Å². The fraction of sp³-hybridized carbons (Fsp3) is 0.714. The Morgan fingerprint density at radius 3 is 2.77 bits per heavy atom. The zero-order chi connectivity index (χ0) is 9.10. The lowest BCUT2D eigenvalue weighted by atomic mass is 10.2. The van der Waals surface area contributed by atoms with E-state index >= 15 is 0 Å². The van der Waals surface area contributed by atoms with Crippen molar-refractivity contribution in [2.75, 3.05) is 22.6 Å². The number of nitrogens with zero attached hydrogens (tertiary/aromatic N) is 2. The Hall–Kier alpha value is -0.490. The Labute approximate surface area is 85.5 Å². The molecule has 2 rings (SSSR count). The Balaban J connectivity index is 1.89. The number of nitrogens with one attached hydrogen (secondary N) is 1. The van der Waals surface area contributed by atoms with Gasteiger partial charge >= 0.3 is 0 Å². The summed E-state index contributed by atoms with van der Waals surface area (Å²) in [5.41, 5.74) is 5.43. The van der Waals surface area contributed by atoms with Crippen molar-refractivity contribution in [1.29, 1.82) is 0 Å². The molecule has 3 N–H and O–H groups in total. The smallest absolute Gasteiger partial charge is 0.233 e. The Kier molecular flexibility index (Phi) is 2.90. The van der Waals surface area contributed by atoms with Crippen LogP contribution >= 0.6 is 23.3 Å². The third-order valence-corrected chi connectivity index (χ3v) is 3.70. The van der Waals surface area contributed by atoms with Gasteiger partial charge in [0.25, 0.3) is 0 Å². The van der Waals surface area contributed by atoms with Gasteiger partial charge in [-0.25, -0.2) is 0 Å². The lowest BCUT2D eigenvalue weighted by molar-refractivity contribution is 0.666. The number of anilines is 2. The molecule has 1 fully saturated rings. The average Bonchev–Trinajstić information content (AvgIpc) is 2.53. The van der Waals surface area contributed by atoms with Crippen molar-refractivity contribution in [3.05, 3.63) is 0 Å². The van der Waals surface area contributed by atoms with Crippen LogP contribution < -0.4 is 11.1 Å². The van der Waals surface area contributed by atoms with E-state index < -0.39 is 0 Å². The maximum absolute atomic E-state index is 5.43. The van der Waals surface area contributed by atoms with E-state index in [1.54, 1.807) is 0 Å². The zero-order valence-electron chi connectivity index (χ0n) is 7.19. The molecule has 2 heterocycles. The van der Waals surface area contributed by atoms with Crippen molar-refractivity contribution in [2.24, 2.45) is 0 Å². The third kappa shape index (κ3) is 2.47. The largest absolute Gasteiger partial charge is 0.367 e. The maximum atomic E-state index is 5.43. The van der Waals surface area contributed by atoms with Crippen LogP contribution in [0.3, 0.4) is 0 Å². The van der Waals surface area contributed by atoms with Crippen LogP contribution in [0.25, 0.3) is 0 Å². The number of aromatic nitrogens is 2. The van der Waals surface area contributed by atoms with Gasteiger partial charge in [0.05, 0.1) is 0 Å². The van der Waals surface area contributed by atoms with Crippen LogP contribution in [-0.4, -0.2) is 26.9 Å². The van der Waals surface area contributed by atoms with Gasteiger partial charge in [0.1, 0.15) is 0 Å². The van der Waals surface area contributed by atoms with Gasteiger partial charge in [-0.15, -0.1) is 0 Å². The minimum Gasteiger partial charge on any atom is -0.367 e. The summed E-state index contributed by atoms with van der Waals surface area (Å²) in [5.74, 6) is 2.86. The minimum atomic E-state index is 0.373. The molecule has 0 bridgehead atoms. The summed E-state index contributed by atoms with van der Waals surface area (Å²) >= 11 is 3.36. The number of rotatable bonds is 2. The van der Waals surface area contributed by atoms with E-state index in [9.17, 15) is 0 Å². The van der Waals surface area contributed by atoms with Crippen LogP contribution in [0, 0.1) is 0 Å². The predicted molar refractivity (Wildman–Crippen MR) is 58.3 cm³/mol. The van der Waals surface area contributed by atoms with Crippen molar-refractivity contribution < 1.29 is 0 Å². The molecule has 1 aliphatic heterocycles. The Morgan fingerprint density at radius 1 is 1.38 bits per heavy atom. The second-order valence-corrected chi connectivity index (χ2v) is 4.97. The molecule has 0 amide bonds. The molecule has 0 atom stereocenters. The molecule has 6 heteroatoms. The number of hydrogen-bond donors (Lipinski definition) is 2. The molecule has 0 saturated carbocycles. The topological polar surface area (TPSA) is 63.8 Å². The third-order valence-electron chi connectivity index (χ3n) is 1.99. The highest BCUT2D eigenvalue weighted by molar-refractivity contribution is 7.99. The van der Waals surface area contributed by atoms with Crippen molar-refractivity contribution >= 4 is 34.4 Å². The first kappa shape index (κ1) is 9.08. The average molecular weight is 216 g/mol. The Morgan fingerprint density at radius 2 is 2.15 bits per heavy atom. The second-order valence-electron chi connectivity index (χ2n) is 2.99. The van der Waals surface area contributed by atoms with Gasteiger partial charge < -0.3 is 11.1 Å². The molecule has 0 radical (unpaired) electrons. The highest BCUT2D eigenvalue weighted by atomic mass is 32.2. The van der Waals surface area contributed by atoms with Crippen LogP contribution in [0.4, 0.5) is 11.1 Å². The lowest BCUT2D eigenvalue weighted by Crippen LogP contribution is -2.24. The van der Waals surface area contributed by atoms with Crippen LogP contribution in [0.1, 0.15) is 12.8 Å². The summed E-state index contributed by atoms with van der Waals surface area (Å²) in [7, 11) is 0. The molecule has 0 aliphatic carbocycles. The minimum absolute atomic E-state index is 0.373. The summed E-state index contributed by atoms with van der Waals surface area (Å²) in [4.78, 5) is 4.07. The molecule has 1 saturated heterocycles. The van der Waals surface area contributed by atoms with Gasteiger partial charge in [-0.2, -0.15) is 21.1 Å². The highest BCUT2D eigenvalue weighted by Crippen LogP contribution is 2.21. The SMILES string of the molecule is Nc1nsc(NC2CCSCC2)n1. The molecule has 72 valence electrons. The van der Waals surface area contributed by atoms with Crippen molar-refractivity contribution in [1.82, 2.24) is 9.36 Å². The fourth-order valence-electron chi connectivity index (χ4n) is 1.31. The van der Waals surface area contributed by atoms with E-state index in [2.05, 4.69) is 14.7 Å². The van der Waals surface area contributed by atoms with Gasteiger partial charge in [-0.05, 0) is 24.3 Å². The van der Waals surface area contributed by atoms with E-state index in [0.29, 0.717) is 12.0 Å². The molecular weight excluding hydrogens is 204 g/mol. The van der Waals surface area contributed by atoms with E-state index in [1.807, 2.05) is 11.8 Å². The molecule has 0 spiro atoms. The normalized spacial score (nSPS) is 18.8. The molecule has 0 aromatic carbocycles. The van der Waals surface area contributed by atoms with Gasteiger partial charge in [-0.3, -0.25) is 0 Å². The molecule has 1 aromatic rings. The standard InChI is InChI=1S/C7H12N4S2/c8-6-10-7(13-11-6)9-5-1-3-12-4-2-5/h5H,1-4H2,(H3,8,9,10,11). The van der Waals surface area contributed by atoms with Crippen molar-refractivity contribution in [2.45, 2.75) is 18.9 Å². The molecule has 0 unspecified atom stereocenters. The first-order chi connectivity index (χ1) is 6.34. The van der Waals surface area contributed by atoms with Crippen LogP contribution in [-0.2, 0) is 0 Å². The van der Waals surface area contributed by atoms with Crippen LogP contribution in [0.15, 0.2) is 0 Å². The first-order valence-electron chi connectivity index (χ1n) is 4.28. The van der Waals surface area contributed by atoms with E-state index in [1.165, 1.54) is 35.9 Å². The zero-order valence-corrected chi connectivity index (χ0v) is 8.83. The van der Waals surface area contributed by atoms with Crippen LogP contribution in [0.2, 0.25) is 0 Å². The van der Waals surface area contributed by atoms with Gasteiger partial charge in [0, 0.05) is 17.6 Å². The van der Waals surface area contributed by atoms with Crippen molar-refractivity contribution in [3.63, 3.8) is 0 Å². The summed E-state index contributed by atoms with van der Waals surface area (Å²) < 4.78 is 3.92. The van der Waals surface area contributed by atoms with Gasteiger partial charge in [-0.1, -0.05) is 0 Å². The number of hydrogen-bond acceptors (Lipinski definition) is 6. The fourth-order valence-corrected chi connectivity index (χ4v) is 2.99. The number of thioether (sulfide) groups is 1. The highest BCUT2D eigenvalue weighted by Gasteiger charge is 2.14. The molecule has 1 aromatic heterocycles. The molecule has 13 heavy (non-hydrogen) atoms. The number of nitrogen functional groups attached to an aromatic ring is 1. The maximum Gasteiger partial charge on any atom is 0.233 e. The van der Waals surface area contributed by atoms with Crippen molar-refractivity contribution in [3.8, 4) is 0 Å². The van der Waals surface area contributed by atoms with Gasteiger partial charge in [0.2, 0.25) is 11.1 Å². The quantitative estimate of drug-likeness (QED) is 0.783. The monoisotopic (exact) mass is 216 g/mol. The summed E-state index contributed by atoms with van der Waals surface area (Å²) in [6.45, 7) is 0. The lowest BCUT2D eigenvalue weighted by Gasteiger charge is -2.21. The van der Waals surface area contributed by atoms with Gasteiger partial charge in [0.15, 0.2) is 0 Å².